The Hall–Kier alpha value is -2.76. The minimum Gasteiger partial charge on any atom is -0.497 e. The molecule has 3 nitrogen and oxygen atoms in total. The Kier molecular flexibility index (Phi) is 5.60. The lowest BCUT2D eigenvalue weighted by Crippen LogP contribution is -1.90. The van der Waals surface area contributed by atoms with Crippen molar-refractivity contribution >= 4 is 39.0 Å². The first-order valence-corrected chi connectivity index (χ1v) is 10.8. The van der Waals surface area contributed by atoms with Crippen LogP contribution in [0.4, 0.5) is 0 Å². The van der Waals surface area contributed by atoms with Crippen LogP contribution in [-0.4, -0.2) is 20.0 Å². The van der Waals surface area contributed by atoms with E-state index in [1.807, 2.05) is 42.5 Å². The van der Waals surface area contributed by atoms with Gasteiger partial charge in [0.15, 0.2) is 5.78 Å². The van der Waals surface area contributed by atoms with E-state index in [4.69, 9.17) is 9.47 Å². The zero-order valence-electron chi connectivity index (χ0n) is 16.4. The summed E-state index contributed by atoms with van der Waals surface area (Å²) in [5, 5.41) is 1.20. The second kappa shape index (κ2) is 8.31. The number of benzene rings is 3. The fourth-order valence-corrected chi connectivity index (χ4v) is 5.54. The first kappa shape index (κ1) is 19.6. The summed E-state index contributed by atoms with van der Waals surface area (Å²) in [5.74, 6) is 1.77. The van der Waals surface area contributed by atoms with Crippen molar-refractivity contribution in [2.75, 3.05) is 14.2 Å². The van der Waals surface area contributed by atoms with Gasteiger partial charge in [-0.15, -0.1) is 11.3 Å². The molecular formula is C24H20O3S2. The van der Waals surface area contributed by atoms with Gasteiger partial charge in [0, 0.05) is 30.3 Å². The van der Waals surface area contributed by atoms with Crippen molar-refractivity contribution < 1.29 is 14.3 Å². The average Bonchev–Trinajstić information content (AvgIpc) is 3.11. The molecule has 0 aliphatic rings. The summed E-state index contributed by atoms with van der Waals surface area (Å²) in [4.78, 5) is 15.1. The van der Waals surface area contributed by atoms with E-state index in [9.17, 15) is 4.79 Å². The molecule has 1 aromatic heterocycles. The van der Waals surface area contributed by atoms with Gasteiger partial charge < -0.3 is 9.47 Å². The second-order valence-electron chi connectivity index (χ2n) is 6.53. The van der Waals surface area contributed by atoms with Gasteiger partial charge in [-0.05, 0) is 67.1 Å². The third-order valence-electron chi connectivity index (χ3n) is 4.68. The summed E-state index contributed by atoms with van der Waals surface area (Å²) in [6.45, 7) is 1.59. The van der Waals surface area contributed by atoms with Crippen molar-refractivity contribution in [2.45, 2.75) is 16.7 Å². The molecule has 0 fully saturated rings. The van der Waals surface area contributed by atoms with E-state index in [1.165, 1.54) is 19.9 Å². The summed E-state index contributed by atoms with van der Waals surface area (Å²) in [6, 6.07) is 22.1. The molecule has 3 aromatic carbocycles. The van der Waals surface area contributed by atoms with Gasteiger partial charge in [0.05, 0.1) is 14.2 Å². The number of hydrogen-bond donors (Lipinski definition) is 0. The van der Waals surface area contributed by atoms with Crippen LogP contribution in [0, 0.1) is 0 Å². The molecule has 0 amide bonds. The minimum atomic E-state index is 0.0774. The van der Waals surface area contributed by atoms with Crippen LogP contribution in [0.2, 0.25) is 0 Å². The van der Waals surface area contributed by atoms with Crippen LogP contribution in [0.25, 0.3) is 20.5 Å². The number of ether oxygens (including phenoxy) is 2. The summed E-state index contributed by atoms with van der Waals surface area (Å²) < 4.78 is 11.9. The van der Waals surface area contributed by atoms with Gasteiger partial charge in [-0.2, -0.15) is 0 Å². The SMILES string of the molecule is COc1ccc(-c2sc3cc(OC)ccc3c2Sc2ccc(C(C)=O)cc2)cc1. The predicted octanol–water partition coefficient (Wildman–Crippen LogP) is 6.94. The Morgan fingerprint density at radius 3 is 2.14 bits per heavy atom. The number of carbonyl (C=O) groups excluding carboxylic acids is 1. The lowest BCUT2D eigenvalue weighted by Gasteiger charge is -2.07. The van der Waals surface area contributed by atoms with Crippen LogP contribution >= 0.6 is 23.1 Å². The average molecular weight is 421 g/mol. The zero-order chi connectivity index (χ0) is 20.4. The smallest absolute Gasteiger partial charge is 0.159 e. The first-order chi connectivity index (χ1) is 14.1. The van der Waals surface area contributed by atoms with Gasteiger partial charge >= 0.3 is 0 Å². The zero-order valence-corrected chi connectivity index (χ0v) is 18.0. The lowest BCUT2D eigenvalue weighted by atomic mass is 10.1. The van der Waals surface area contributed by atoms with Crippen LogP contribution in [0.3, 0.4) is 0 Å². The van der Waals surface area contributed by atoms with Crippen LogP contribution in [0.1, 0.15) is 17.3 Å². The molecule has 0 radical (unpaired) electrons. The van der Waals surface area contributed by atoms with E-state index in [1.54, 1.807) is 44.2 Å². The van der Waals surface area contributed by atoms with Gasteiger partial charge in [-0.3, -0.25) is 4.79 Å². The number of thiophene rings is 1. The highest BCUT2D eigenvalue weighted by atomic mass is 32.2. The van der Waals surface area contributed by atoms with Gasteiger partial charge in [-0.1, -0.05) is 23.9 Å². The number of methoxy groups -OCH3 is 2. The molecule has 4 aromatic rings. The molecule has 0 N–H and O–H groups in total. The molecule has 0 bridgehead atoms. The number of rotatable bonds is 6. The molecule has 0 aliphatic heterocycles. The largest absolute Gasteiger partial charge is 0.497 e. The molecular weight excluding hydrogens is 400 g/mol. The summed E-state index contributed by atoms with van der Waals surface area (Å²) >= 11 is 3.47. The topological polar surface area (TPSA) is 35.5 Å². The molecule has 0 unspecified atom stereocenters. The Bertz CT molecular complexity index is 1160. The van der Waals surface area contributed by atoms with Crippen molar-refractivity contribution in [1.82, 2.24) is 0 Å². The van der Waals surface area contributed by atoms with E-state index >= 15 is 0 Å². The highest BCUT2D eigenvalue weighted by Gasteiger charge is 2.16. The molecule has 0 saturated carbocycles. The fourth-order valence-electron chi connectivity index (χ4n) is 3.09. The van der Waals surface area contributed by atoms with Crippen LogP contribution < -0.4 is 9.47 Å². The Morgan fingerprint density at radius 2 is 1.52 bits per heavy atom. The highest BCUT2D eigenvalue weighted by molar-refractivity contribution is 8.00. The van der Waals surface area contributed by atoms with Gasteiger partial charge in [-0.25, -0.2) is 0 Å². The molecule has 4 rings (SSSR count). The number of ketones is 1. The third-order valence-corrected chi connectivity index (χ3v) is 7.15. The Morgan fingerprint density at radius 1 is 0.862 bits per heavy atom. The highest BCUT2D eigenvalue weighted by Crippen LogP contribution is 2.47. The van der Waals surface area contributed by atoms with Crippen molar-refractivity contribution in [3.63, 3.8) is 0 Å². The molecule has 1 heterocycles. The second-order valence-corrected chi connectivity index (χ2v) is 8.67. The van der Waals surface area contributed by atoms with Gasteiger partial charge in [0.25, 0.3) is 0 Å². The van der Waals surface area contributed by atoms with Gasteiger partial charge in [0.2, 0.25) is 0 Å². The summed E-state index contributed by atoms with van der Waals surface area (Å²) in [6.07, 6.45) is 0. The van der Waals surface area contributed by atoms with Crippen LogP contribution in [0.5, 0.6) is 11.5 Å². The maximum absolute atomic E-state index is 11.6. The molecule has 29 heavy (non-hydrogen) atoms. The maximum atomic E-state index is 11.6. The summed E-state index contributed by atoms with van der Waals surface area (Å²) in [7, 11) is 3.36. The normalized spacial score (nSPS) is 10.9. The van der Waals surface area contributed by atoms with Crippen molar-refractivity contribution in [2.24, 2.45) is 0 Å². The standard InChI is InChI=1S/C24H20O3S2/c1-15(25)16-6-11-20(12-7-16)28-24-21-13-10-19(27-3)14-22(21)29-23(24)17-4-8-18(26-2)9-5-17/h4-14H,1-3H3. The van der Waals surface area contributed by atoms with E-state index in [0.717, 1.165) is 27.5 Å². The first-order valence-electron chi connectivity index (χ1n) is 9.13. The van der Waals surface area contributed by atoms with Crippen molar-refractivity contribution in [3.05, 3.63) is 72.3 Å². The number of carbonyl (C=O) groups is 1. The maximum Gasteiger partial charge on any atom is 0.159 e. The Labute approximate surface area is 178 Å². The molecule has 146 valence electrons. The quantitative estimate of drug-likeness (QED) is 0.317. The minimum absolute atomic E-state index is 0.0774. The Balaban J connectivity index is 1.81. The number of hydrogen-bond acceptors (Lipinski definition) is 5. The number of Topliss-reactive ketones (excluding diaryl/α,β-unsaturated/α-hetero) is 1. The molecule has 0 atom stereocenters. The van der Waals surface area contributed by atoms with Crippen LogP contribution in [-0.2, 0) is 0 Å². The molecule has 5 heteroatoms. The fraction of sp³-hybridized carbons (Fsp3) is 0.125. The van der Waals surface area contributed by atoms with Crippen LogP contribution in [0.15, 0.2) is 76.5 Å². The monoisotopic (exact) mass is 420 g/mol. The van der Waals surface area contributed by atoms with E-state index in [-0.39, 0.29) is 5.78 Å². The number of fused-ring (bicyclic) bond motifs is 1. The molecule has 0 aliphatic carbocycles. The molecule has 0 saturated heterocycles. The van der Waals surface area contributed by atoms with E-state index < -0.39 is 0 Å². The van der Waals surface area contributed by atoms with Crippen molar-refractivity contribution in [3.8, 4) is 21.9 Å². The van der Waals surface area contributed by atoms with E-state index in [2.05, 4.69) is 24.3 Å². The van der Waals surface area contributed by atoms with Crippen molar-refractivity contribution in [1.29, 1.82) is 0 Å². The van der Waals surface area contributed by atoms with Gasteiger partial charge in [0.1, 0.15) is 11.5 Å². The lowest BCUT2D eigenvalue weighted by molar-refractivity contribution is 0.101. The predicted molar refractivity (Wildman–Crippen MR) is 121 cm³/mol. The third kappa shape index (κ3) is 4.02. The summed E-state index contributed by atoms with van der Waals surface area (Å²) in [5.41, 5.74) is 1.87. The molecule has 0 spiro atoms. The van der Waals surface area contributed by atoms with E-state index in [0.29, 0.717) is 0 Å².